The van der Waals surface area contributed by atoms with Gasteiger partial charge >= 0.3 is 0 Å². The van der Waals surface area contributed by atoms with Crippen LogP contribution < -0.4 is 5.32 Å². The molecular weight excluding hydrogens is 334 g/mol. The quantitative estimate of drug-likeness (QED) is 0.899. The molecule has 1 aromatic carbocycles. The lowest BCUT2D eigenvalue weighted by Crippen LogP contribution is -2.38. The fraction of sp³-hybridized carbons (Fsp3) is 0.375. The minimum Gasteiger partial charge on any atom is -0.379 e. The van der Waals surface area contributed by atoms with Crippen LogP contribution in [0.15, 0.2) is 29.6 Å². The number of rotatable bonds is 5. The lowest BCUT2D eigenvalue weighted by atomic mass is 10.2. The number of aromatic nitrogens is 1. The zero-order valence-electron chi connectivity index (χ0n) is 12.6. The van der Waals surface area contributed by atoms with Crippen LogP contribution in [0.3, 0.4) is 0 Å². The summed E-state index contributed by atoms with van der Waals surface area (Å²) >= 11 is 7.31. The Kier molecular flexibility index (Phi) is 5.61. The first-order valence-corrected chi connectivity index (χ1v) is 8.78. The number of nitrogens with one attached hydrogen (secondary N) is 1. The normalized spacial score (nSPS) is 15.5. The van der Waals surface area contributed by atoms with Crippen molar-refractivity contribution in [1.29, 1.82) is 0 Å². The van der Waals surface area contributed by atoms with Crippen LogP contribution in [-0.2, 0) is 9.53 Å². The molecule has 1 aromatic heterocycles. The largest absolute Gasteiger partial charge is 0.379 e. The second-order valence-corrected chi connectivity index (χ2v) is 6.59. The molecule has 1 N–H and O–H groups in total. The molecule has 1 fully saturated rings. The van der Waals surface area contributed by atoms with E-state index in [1.54, 1.807) is 0 Å². The van der Waals surface area contributed by atoms with Gasteiger partial charge in [0.25, 0.3) is 0 Å². The second kappa shape index (κ2) is 7.88. The van der Waals surface area contributed by atoms with Crippen molar-refractivity contribution in [1.82, 2.24) is 9.88 Å². The first kappa shape index (κ1) is 16.4. The van der Waals surface area contributed by atoms with Crippen LogP contribution in [0.25, 0.3) is 11.3 Å². The highest BCUT2D eigenvalue weighted by atomic mass is 35.5. The SMILES string of the molecule is O=C(CCN1CCOCC1)Nc1nc(-c2ccc(Cl)cc2)cs1. The topological polar surface area (TPSA) is 54.5 Å². The average molecular weight is 352 g/mol. The molecule has 1 saturated heterocycles. The number of carbonyl (C=O) groups excluding carboxylic acids is 1. The Morgan fingerprint density at radius 1 is 1.30 bits per heavy atom. The van der Waals surface area contributed by atoms with Crippen LogP contribution in [0.4, 0.5) is 5.13 Å². The number of anilines is 1. The number of amides is 1. The minimum absolute atomic E-state index is 0.00602. The van der Waals surface area contributed by atoms with Crippen molar-refractivity contribution in [3.05, 3.63) is 34.7 Å². The molecule has 23 heavy (non-hydrogen) atoms. The molecule has 0 radical (unpaired) electrons. The summed E-state index contributed by atoms with van der Waals surface area (Å²) in [6, 6.07) is 7.50. The van der Waals surface area contributed by atoms with E-state index in [2.05, 4.69) is 15.2 Å². The number of benzene rings is 1. The van der Waals surface area contributed by atoms with E-state index >= 15 is 0 Å². The maximum atomic E-state index is 12.0. The van der Waals surface area contributed by atoms with Gasteiger partial charge in [-0.05, 0) is 12.1 Å². The van der Waals surface area contributed by atoms with Crippen molar-refractivity contribution in [3.8, 4) is 11.3 Å². The first-order valence-electron chi connectivity index (χ1n) is 7.52. The molecule has 1 aliphatic rings. The molecule has 5 nitrogen and oxygen atoms in total. The molecule has 1 aliphatic heterocycles. The van der Waals surface area contributed by atoms with E-state index in [0.717, 1.165) is 44.1 Å². The van der Waals surface area contributed by atoms with Gasteiger partial charge in [0.2, 0.25) is 5.91 Å². The van der Waals surface area contributed by atoms with Crippen molar-refractivity contribution < 1.29 is 9.53 Å². The summed E-state index contributed by atoms with van der Waals surface area (Å²) in [7, 11) is 0. The molecule has 0 saturated carbocycles. The summed E-state index contributed by atoms with van der Waals surface area (Å²) in [6.45, 7) is 4.04. The zero-order valence-corrected chi connectivity index (χ0v) is 14.2. The lowest BCUT2D eigenvalue weighted by molar-refractivity contribution is -0.116. The Morgan fingerprint density at radius 2 is 2.04 bits per heavy atom. The summed E-state index contributed by atoms with van der Waals surface area (Å²) in [5.41, 5.74) is 1.83. The molecule has 7 heteroatoms. The number of hydrogen-bond donors (Lipinski definition) is 1. The van der Waals surface area contributed by atoms with Gasteiger partial charge in [-0.15, -0.1) is 11.3 Å². The standard InChI is InChI=1S/C16H18ClN3O2S/c17-13-3-1-12(2-4-13)14-11-23-16(18-14)19-15(21)5-6-20-7-9-22-10-8-20/h1-4,11H,5-10H2,(H,18,19,21). The summed E-state index contributed by atoms with van der Waals surface area (Å²) in [5, 5.41) is 6.12. The zero-order chi connectivity index (χ0) is 16.1. The van der Waals surface area contributed by atoms with E-state index in [4.69, 9.17) is 16.3 Å². The van der Waals surface area contributed by atoms with E-state index in [0.29, 0.717) is 16.6 Å². The average Bonchev–Trinajstić information content (AvgIpc) is 3.03. The number of thiazole rings is 1. The van der Waals surface area contributed by atoms with Crippen molar-refractivity contribution in [2.24, 2.45) is 0 Å². The van der Waals surface area contributed by atoms with Gasteiger partial charge in [0.1, 0.15) is 0 Å². The van der Waals surface area contributed by atoms with Crippen molar-refractivity contribution in [2.75, 3.05) is 38.2 Å². The van der Waals surface area contributed by atoms with Crippen LogP contribution >= 0.6 is 22.9 Å². The van der Waals surface area contributed by atoms with Gasteiger partial charge in [0.15, 0.2) is 5.13 Å². The lowest BCUT2D eigenvalue weighted by Gasteiger charge is -2.26. The van der Waals surface area contributed by atoms with Gasteiger partial charge in [-0.2, -0.15) is 0 Å². The third kappa shape index (κ3) is 4.75. The number of morpholine rings is 1. The van der Waals surface area contributed by atoms with Crippen LogP contribution in [0.1, 0.15) is 6.42 Å². The van der Waals surface area contributed by atoms with E-state index in [-0.39, 0.29) is 5.91 Å². The van der Waals surface area contributed by atoms with Gasteiger partial charge in [-0.1, -0.05) is 23.7 Å². The molecule has 0 spiro atoms. The highest BCUT2D eigenvalue weighted by Crippen LogP contribution is 2.26. The van der Waals surface area contributed by atoms with Crippen LogP contribution in [0.2, 0.25) is 5.02 Å². The predicted molar refractivity (Wildman–Crippen MR) is 93.1 cm³/mol. The monoisotopic (exact) mass is 351 g/mol. The highest BCUT2D eigenvalue weighted by molar-refractivity contribution is 7.14. The maximum Gasteiger partial charge on any atom is 0.227 e. The van der Waals surface area contributed by atoms with Gasteiger partial charge in [-0.3, -0.25) is 9.69 Å². The molecule has 0 bridgehead atoms. The predicted octanol–water partition coefficient (Wildman–Crippen LogP) is 3.12. The third-order valence-electron chi connectivity index (χ3n) is 3.65. The first-order chi connectivity index (χ1) is 11.2. The van der Waals surface area contributed by atoms with Crippen LogP contribution in [0, 0.1) is 0 Å². The Balaban J connectivity index is 1.51. The third-order valence-corrected chi connectivity index (χ3v) is 4.66. The molecule has 2 aromatic rings. The number of hydrogen-bond acceptors (Lipinski definition) is 5. The Labute approximate surface area is 144 Å². The maximum absolute atomic E-state index is 12.0. The number of ether oxygens (including phenoxy) is 1. The Bertz CT molecular complexity index is 654. The van der Waals surface area contributed by atoms with Gasteiger partial charge in [0, 0.05) is 42.0 Å². The van der Waals surface area contributed by atoms with Crippen molar-refractivity contribution >= 4 is 34.0 Å². The van der Waals surface area contributed by atoms with E-state index < -0.39 is 0 Å². The van der Waals surface area contributed by atoms with Gasteiger partial charge in [0.05, 0.1) is 18.9 Å². The molecule has 2 heterocycles. The number of carbonyl (C=O) groups is 1. The fourth-order valence-corrected chi connectivity index (χ4v) is 3.21. The summed E-state index contributed by atoms with van der Waals surface area (Å²) in [6.07, 6.45) is 0.468. The molecular formula is C16H18ClN3O2S. The summed E-state index contributed by atoms with van der Waals surface area (Å²) < 4.78 is 5.30. The van der Waals surface area contributed by atoms with Crippen LogP contribution in [0.5, 0.6) is 0 Å². The second-order valence-electron chi connectivity index (χ2n) is 5.30. The van der Waals surface area contributed by atoms with Gasteiger partial charge in [-0.25, -0.2) is 4.98 Å². The molecule has 1 amide bonds. The molecule has 3 rings (SSSR count). The van der Waals surface area contributed by atoms with Crippen molar-refractivity contribution in [3.63, 3.8) is 0 Å². The van der Waals surface area contributed by atoms with E-state index in [1.807, 2.05) is 29.6 Å². The fourth-order valence-electron chi connectivity index (χ4n) is 2.35. The smallest absolute Gasteiger partial charge is 0.227 e. The summed E-state index contributed by atoms with van der Waals surface area (Å²) in [5.74, 6) is -0.00602. The Morgan fingerprint density at radius 3 is 2.78 bits per heavy atom. The van der Waals surface area contributed by atoms with Gasteiger partial charge < -0.3 is 10.1 Å². The van der Waals surface area contributed by atoms with E-state index in [1.165, 1.54) is 11.3 Å². The molecule has 0 unspecified atom stereocenters. The number of halogens is 1. The van der Waals surface area contributed by atoms with E-state index in [9.17, 15) is 4.79 Å². The molecule has 0 aliphatic carbocycles. The Hall–Kier alpha value is -1.47. The van der Waals surface area contributed by atoms with Crippen molar-refractivity contribution in [2.45, 2.75) is 6.42 Å². The highest BCUT2D eigenvalue weighted by Gasteiger charge is 2.13. The number of nitrogens with zero attached hydrogens (tertiary/aromatic N) is 2. The summed E-state index contributed by atoms with van der Waals surface area (Å²) in [4.78, 5) is 18.7. The minimum atomic E-state index is -0.00602. The molecule has 122 valence electrons. The molecule has 0 atom stereocenters. The van der Waals surface area contributed by atoms with Crippen LogP contribution in [-0.4, -0.2) is 48.6 Å².